The van der Waals surface area contributed by atoms with Gasteiger partial charge in [0.1, 0.15) is 0 Å². The molecule has 5 N–H and O–H groups in total. The van der Waals surface area contributed by atoms with Gasteiger partial charge in [-0.3, -0.25) is 14.4 Å². The number of aliphatic carboxylic acids is 1. The number of carboxylic acid groups (broad SMARTS) is 1. The Morgan fingerprint density at radius 1 is 1.05 bits per heavy atom. The molecule has 1 saturated heterocycles. The zero-order valence-electron chi connectivity index (χ0n) is 21.7. The number of benzene rings is 3. The highest BCUT2D eigenvalue weighted by Gasteiger charge is 2.39. The first-order chi connectivity index (χ1) is 19.5. The van der Waals surface area contributed by atoms with Crippen molar-refractivity contribution in [1.82, 2.24) is 9.62 Å². The molecule has 0 spiro atoms. The molecular weight excluding hydrogens is 550 g/mol. The standard InChI is InChI=1S/C28H27N5O7S/c29-22(15-25(34)35)26(36)30-20-8-6-18(7-9-20)27(37)32-13-12-19-14-21(10-11-24(19)32)41(39,40)33-16-23(31-28(33)38)17-4-2-1-3-5-17/h1-11,14,22-23H,12-13,15-16,29H2,(H,30,36)(H,31,38)(H,34,35)/t22-,23+/m0/s1. The fourth-order valence-electron chi connectivity index (χ4n) is 4.84. The first-order valence-electron chi connectivity index (χ1n) is 12.8. The number of hydrogen-bond donors (Lipinski definition) is 4. The van der Waals surface area contributed by atoms with Gasteiger partial charge in [-0.15, -0.1) is 0 Å². The molecule has 3 aromatic carbocycles. The second kappa shape index (κ2) is 11.0. The van der Waals surface area contributed by atoms with E-state index in [1.54, 1.807) is 6.07 Å². The van der Waals surface area contributed by atoms with E-state index in [9.17, 15) is 27.6 Å². The summed E-state index contributed by atoms with van der Waals surface area (Å²) >= 11 is 0. The van der Waals surface area contributed by atoms with Crippen molar-refractivity contribution >= 4 is 45.2 Å². The summed E-state index contributed by atoms with van der Waals surface area (Å²) in [5.41, 5.74) is 8.29. The second-order valence-electron chi connectivity index (χ2n) is 9.72. The van der Waals surface area contributed by atoms with E-state index in [2.05, 4.69) is 10.6 Å². The van der Waals surface area contributed by atoms with Crippen LogP contribution in [0.5, 0.6) is 0 Å². The Labute approximate surface area is 235 Å². The Bertz CT molecular complexity index is 1630. The number of rotatable bonds is 8. The van der Waals surface area contributed by atoms with Gasteiger partial charge in [0, 0.05) is 23.5 Å². The van der Waals surface area contributed by atoms with Gasteiger partial charge in [0.05, 0.1) is 29.9 Å². The van der Waals surface area contributed by atoms with Gasteiger partial charge in [0.15, 0.2) is 0 Å². The second-order valence-corrected chi connectivity index (χ2v) is 11.6. The van der Waals surface area contributed by atoms with E-state index in [1.807, 2.05) is 30.3 Å². The molecular formula is C28H27N5O7S. The molecule has 41 heavy (non-hydrogen) atoms. The van der Waals surface area contributed by atoms with Crippen LogP contribution in [-0.4, -0.2) is 60.8 Å². The van der Waals surface area contributed by atoms with Crippen LogP contribution in [0.15, 0.2) is 77.7 Å². The molecule has 0 radical (unpaired) electrons. The molecule has 0 bridgehead atoms. The minimum atomic E-state index is -4.13. The highest BCUT2D eigenvalue weighted by molar-refractivity contribution is 7.89. The van der Waals surface area contributed by atoms with Crippen molar-refractivity contribution in [2.24, 2.45) is 5.73 Å². The molecule has 0 aliphatic carbocycles. The topological polar surface area (TPSA) is 179 Å². The normalized spacial score (nSPS) is 17.1. The summed E-state index contributed by atoms with van der Waals surface area (Å²) in [7, 11) is -4.13. The highest BCUT2D eigenvalue weighted by Crippen LogP contribution is 2.33. The number of carboxylic acids is 1. The molecule has 2 atom stereocenters. The van der Waals surface area contributed by atoms with Crippen molar-refractivity contribution in [3.63, 3.8) is 0 Å². The van der Waals surface area contributed by atoms with Crippen molar-refractivity contribution in [2.75, 3.05) is 23.3 Å². The van der Waals surface area contributed by atoms with Crippen LogP contribution in [0, 0.1) is 0 Å². The minimum absolute atomic E-state index is 0.0318. The Balaban J connectivity index is 1.28. The summed E-state index contributed by atoms with van der Waals surface area (Å²) in [5, 5.41) is 14.0. The SMILES string of the molecule is N[C@@H](CC(=O)O)C(=O)Nc1ccc(C(=O)N2CCc3cc(S(=O)(=O)N4C[C@H](c5ccccc5)NC4=O)ccc32)cc1. The molecule has 2 heterocycles. The lowest BCUT2D eigenvalue weighted by atomic mass is 10.1. The number of nitrogens with zero attached hydrogens (tertiary/aromatic N) is 2. The van der Waals surface area contributed by atoms with Crippen molar-refractivity contribution in [3.05, 3.63) is 89.5 Å². The van der Waals surface area contributed by atoms with Crippen molar-refractivity contribution < 1.29 is 32.7 Å². The molecule has 13 heteroatoms. The summed E-state index contributed by atoms with van der Waals surface area (Å²) in [5.74, 6) is -2.17. The Hall–Kier alpha value is -4.75. The van der Waals surface area contributed by atoms with Gasteiger partial charge >= 0.3 is 12.0 Å². The average Bonchev–Trinajstić information content (AvgIpc) is 3.57. The Morgan fingerprint density at radius 2 is 1.76 bits per heavy atom. The van der Waals surface area contributed by atoms with Gasteiger partial charge in [-0.1, -0.05) is 30.3 Å². The molecule has 0 unspecified atom stereocenters. The summed E-state index contributed by atoms with van der Waals surface area (Å²) in [6.07, 6.45) is -0.0852. The molecule has 12 nitrogen and oxygen atoms in total. The predicted octanol–water partition coefficient (Wildman–Crippen LogP) is 2.09. The first kappa shape index (κ1) is 27.8. The van der Waals surface area contributed by atoms with Crippen LogP contribution < -0.4 is 21.3 Å². The van der Waals surface area contributed by atoms with Crippen LogP contribution in [0.25, 0.3) is 0 Å². The lowest BCUT2D eigenvalue weighted by molar-refractivity contribution is -0.138. The maximum Gasteiger partial charge on any atom is 0.331 e. The molecule has 2 aliphatic rings. The van der Waals surface area contributed by atoms with Gasteiger partial charge in [0.2, 0.25) is 5.91 Å². The van der Waals surface area contributed by atoms with E-state index in [4.69, 9.17) is 10.8 Å². The van der Waals surface area contributed by atoms with E-state index in [0.717, 1.165) is 9.87 Å². The third-order valence-corrected chi connectivity index (χ3v) is 8.73. The molecule has 2 aliphatic heterocycles. The average molecular weight is 578 g/mol. The monoisotopic (exact) mass is 577 g/mol. The number of sulfonamides is 1. The molecule has 0 saturated carbocycles. The molecule has 5 rings (SSSR count). The molecule has 1 fully saturated rings. The zero-order chi connectivity index (χ0) is 29.3. The highest BCUT2D eigenvalue weighted by atomic mass is 32.2. The number of fused-ring (bicyclic) bond motifs is 1. The van der Waals surface area contributed by atoms with Gasteiger partial charge in [-0.2, -0.15) is 0 Å². The number of nitrogens with one attached hydrogen (secondary N) is 2. The van der Waals surface area contributed by atoms with Gasteiger partial charge in [-0.05, 0) is 60.0 Å². The number of nitrogens with two attached hydrogens (primary N) is 1. The van der Waals surface area contributed by atoms with Crippen LogP contribution in [-0.2, 0) is 26.0 Å². The van der Waals surface area contributed by atoms with Crippen LogP contribution in [0.3, 0.4) is 0 Å². The van der Waals surface area contributed by atoms with E-state index in [1.165, 1.54) is 41.3 Å². The fourth-order valence-corrected chi connectivity index (χ4v) is 6.24. The first-order valence-corrected chi connectivity index (χ1v) is 14.2. The van der Waals surface area contributed by atoms with Crippen LogP contribution in [0.1, 0.15) is 33.9 Å². The van der Waals surface area contributed by atoms with Crippen LogP contribution in [0.4, 0.5) is 16.2 Å². The van der Waals surface area contributed by atoms with E-state index in [0.29, 0.717) is 35.5 Å². The maximum atomic E-state index is 13.4. The molecule has 212 valence electrons. The lowest BCUT2D eigenvalue weighted by Crippen LogP contribution is -2.37. The van der Waals surface area contributed by atoms with E-state index >= 15 is 0 Å². The summed E-state index contributed by atoms with van der Waals surface area (Å²) in [6.45, 7) is 0.301. The quantitative estimate of drug-likeness (QED) is 0.314. The Morgan fingerprint density at radius 3 is 2.44 bits per heavy atom. The molecule has 3 aromatic rings. The number of anilines is 2. The van der Waals surface area contributed by atoms with Crippen molar-refractivity contribution in [1.29, 1.82) is 0 Å². The van der Waals surface area contributed by atoms with Gasteiger partial charge in [0.25, 0.3) is 15.9 Å². The summed E-state index contributed by atoms with van der Waals surface area (Å²) in [6, 6.07) is 17.3. The van der Waals surface area contributed by atoms with E-state index in [-0.39, 0.29) is 17.3 Å². The lowest BCUT2D eigenvalue weighted by Gasteiger charge is -2.19. The summed E-state index contributed by atoms with van der Waals surface area (Å²) < 4.78 is 27.6. The maximum absolute atomic E-state index is 13.4. The molecule has 0 aromatic heterocycles. The molecule has 4 amide bonds. The van der Waals surface area contributed by atoms with Crippen LogP contribution in [0.2, 0.25) is 0 Å². The number of hydrogen-bond acceptors (Lipinski definition) is 7. The zero-order valence-corrected chi connectivity index (χ0v) is 22.5. The smallest absolute Gasteiger partial charge is 0.331 e. The van der Waals surface area contributed by atoms with Crippen molar-refractivity contribution in [2.45, 2.75) is 29.8 Å². The fraction of sp³-hybridized carbons (Fsp3) is 0.214. The van der Waals surface area contributed by atoms with E-state index < -0.39 is 46.4 Å². The number of amides is 4. The largest absolute Gasteiger partial charge is 0.481 e. The predicted molar refractivity (Wildman–Crippen MR) is 149 cm³/mol. The number of carbonyl (C=O) groups excluding carboxylic acids is 3. The Kier molecular flexibility index (Phi) is 7.47. The van der Waals surface area contributed by atoms with Gasteiger partial charge in [-0.25, -0.2) is 17.5 Å². The number of carbonyl (C=O) groups is 4. The third-order valence-electron chi connectivity index (χ3n) is 6.98. The minimum Gasteiger partial charge on any atom is -0.481 e. The van der Waals surface area contributed by atoms with Crippen LogP contribution >= 0.6 is 0 Å². The number of urea groups is 1. The van der Waals surface area contributed by atoms with Gasteiger partial charge < -0.3 is 26.4 Å². The summed E-state index contributed by atoms with van der Waals surface area (Å²) in [4.78, 5) is 50.2. The third kappa shape index (κ3) is 5.62. The van der Waals surface area contributed by atoms with Crippen molar-refractivity contribution in [3.8, 4) is 0 Å².